The van der Waals surface area contributed by atoms with Gasteiger partial charge in [-0.3, -0.25) is 4.90 Å². The molecule has 4 heteroatoms. The maximum absolute atomic E-state index is 6.39. The van der Waals surface area contributed by atoms with Crippen LogP contribution < -0.4 is 5.32 Å². The van der Waals surface area contributed by atoms with E-state index in [2.05, 4.69) is 59.1 Å². The zero-order valence-corrected chi connectivity index (χ0v) is 15.5. The molecule has 2 atom stereocenters. The van der Waals surface area contributed by atoms with Crippen LogP contribution in [0.25, 0.3) is 0 Å². The summed E-state index contributed by atoms with van der Waals surface area (Å²) in [5, 5.41) is 4.56. The van der Waals surface area contributed by atoms with Crippen LogP contribution in [0.1, 0.15) is 39.2 Å². The van der Waals surface area contributed by atoms with E-state index in [0.717, 1.165) is 35.0 Å². The molecule has 1 aliphatic heterocycles. The van der Waals surface area contributed by atoms with E-state index >= 15 is 0 Å². The van der Waals surface area contributed by atoms with Gasteiger partial charge in [0.2, 0.25) is 0 Å². The van der Waals surface area contributed by atoms with Gasteiger partial charge < -0.3 is 5.32 Å². The van der Waals surface area contributed by atoms with Gasteiger partial charge in [0, 0.05) is 34.7 Å². The first-order valence-electron chi connectivity index (χ1n) is 7.87. The Labute approximate surface area is 142 Å². The van der Waals surface area contributed by atoms with E-state index in [-0.39, 0.29) is 0 Å². The number of hydrogen-bond donors (Lipinski definition) is 1. The predicted molar refractivity (Wildman–Crippen MR) is 94.9 cm³/mol. The summed E-state index contributed by atoms with van der Waals surface area (Å²) in [4.78, 5) is 2.57. The summed E-state index contributed by atoms with van der Waals surface area (Å²) in [5.41, 5.74) is 1.22. The van der Waals surface area contributed by atoms with Crippen LogP contribution in [0.2, 0.25) is 5.02 Å². The van der Waals surface area contributed by atoms with Crippen molar-refractivity contribution < 1.29 is 0 Å². The van der Waals surface area contributed by atoms with E-state index in [1.807, 2.05) is 6.07 Å². The van der Waals surface area contributed by atoms with Crippen molar-refractivity contribution in [2.24, 2.45) is 5.92 Å². The molecule has 2 rings (SSSR count). The van der Waals surface area contributed by atoms with Gasteiger partial charge in [0.15, 0.2) is 0 Å². The molecule has 0 spiro atoms. The largest absolute Gasteiger partial charge is 0.313 e. The summed E-state index contributed by atoms with van der Waals surface area (Å²) in [6, 6.07) is 7.38. The summed E-state index contributed by atoms with van der Waals surface area (Å²) in [5.74, 6) is 0.731. The van der Waals surface area contributed by atoms with Crippen molar-refractivity contribution in [2.75, 3.05) is 13.1 Å². The number of benzene rings is 1. The van der Waals surface area contributed by atoms with Crippen LogP contribution in [0.5, 0.6) is 0 Å². The Hall–Kier alpha value is -0.0900. The minimum atomic E-state index is 0.587. The van der Waals surface area contributed by atoms with Gasteiger partial charge in [-0.15, -0.1) is 0 Å². The predicted octanol–water partition coefficient (Wildman–Crippen LogP) is 4.70. The fraction of sp³-hybridized carbons (Fsp3) is 0.647. The zero-order valence-electron chi connectivity index (χ0n) is 13.2. The molecule has 21 heavy (non-hydrogen) atoms. The highest BCUT2D eigenvalue weighted by Crippen LogP contribution is 2.24. The molecule has 2 nitrogen and oxygen atoms in total. The van der Waals surface area contributed by atoms with Gasteiger partial charge in [0.1, 0.15) is 0 Å². The first-order valence-corrected chi connectivity index (χ1v) is 9.04. The number of nitrogens with zero attached hydrogens (tertiary/aromatic N) is 1. The molecule has 2 unspecified atom stereocenters. The third-order valence-corrected chi connectivity index (χ3v) is 5.06. The lowest BCUT2D eigenvalue weighted by Crippen LogP contribution is -2.40. The quantitative estimate of drug-likeness (QED) is 0.823. The molecule has 1 saturated heterocycles. The number of hydrogen-bond acceptors (Lipinski definition) is 2. The topological polar surface area (TPSA) is 15.3 Å². The molecular weight excluding hydrogens is 348 g/mol. The fourth-order valence-corrected chi connectivity index (χ4v) is 3.76. The second-order valence-electron chi connectivity index (χ2n) is 6.58. The highest BCUT2D eigenvalue weighted by atomic mass is 79.9. The van der Waals surface area contributed by atoms with Crippen molar-refractivity contribution in [3.63, 3.8) is 0 Å². The molecule has 118 valence electrons. The smallest absolute Gasteiger partial charge is 0.0462 e. The fourth-order valence-electron chi connectivity index (χ4n) is 3.02. The lowest BCUT2D eigenvalue weighted by molar-refractivity contribution is 0.189. The Morgan fingerprint density at radius 2 is 2.19 bits per heavy atom. The summed E-state index contributed by atoms with van der Waals surface area (Å²) in [6.45, 7) is 10.1. The van der Waals surface area contributed by atoms with Crippen LogP contribution in [-0.2, 0) is 6.54 Å². The van der Waals surface area contributed by atoms with Crippen molar-refractivity contribution in [1.82, 2.24) is 10.2 Å². The molecule has 0 amide bonds. The molecule has 1 aliphatic rings. The van der Waals surface area contributed by atoms with Gasteiger partial charge in [0.05, 0.1) is 0 Å². The summed E-state index contributed by atoms with van der Waals surface area (Å²) in [7, 11) is 0. The average Bonchev–Trinajstić information content (AvgIpc) is 2.55. The molecule has 1 heterocycles. The molecule has 0 aromatic heterocycles. The summed E-state index contributed by atoms with van der Waals surface area (Å²) in [6.07, 6.45) is 2.43. The Morgan fingerprint density at radius 3 is 2.86 bits per heavy atom. The number of nitrogens with one attached hydrogen (secondary N) is 1. The zero-order chi connectivity index (χ0) is 15.4. The van der Waals surface area contributed by atoms with Crippen molar-refractivity contribution in [3.05, 3.63) is 33.3 Å². The molecule has 1 fully saturated rings. The Kier molecular flexibility index (Phi) is 6.54. The number of halogens is 2. The monoisotopic (exact) mass is 372 g/mol. The van der Waals surface area contributed by atoms with Crippen LogP contribution in [0.15, 0.2) is 22.7 Å². The lowest BCUT2D eigenvalue weighted by atomic mass is 10.0. The van der Waals surface area contributed by atoms with Crippen LogP contribution in [0.4, 0.5) is 0 Å². The van der Waals surface area contributed by atoms with Gasteiger partial charge in [-0.25, -0.2) is 0 Å². The van der Waals surface area contributed by atoms with Gasteiger partial charge in [-0.2, -0.15) is 0 Å². The molecule has 0 bridgehead atoms. The van der Waals surface area contributed by atoms with E-state index in [1.54, 1.807) is 0 Å². The first-order chi connectivity index (χ1) is 9.95. The van der Waals surface area contributed by atoms with Gasteiger partial charge in [-0.1, -0.05) is 47.4 Å². The van der Waals surface area contributed by atoms with Crippen molar-refractivity contribution >= 4 is 27.5 Å². The highest BCUT2D eigenvalue weighted by molar-refractivity contribution is 9.10. The normalized spacial score (nSPS) is 24.3. The van der Waals surface area contributed by atoms with E-state index < -0.39 is 0 Å². The Morgan fingerprint density at radius 1 is 1.43 bits per heavy atom. The Bertz CT molecular complexity index is 464. The minimum Gasteiger partial charge on any atom is -0.313 e. The minimum absolute atomic E-state index is 0.587. The standard InChI is InChI=1S/C17H26BrClN2/c1-12(2)8-16-11-21(13(3)6-7-20-16)10-14-4-5-15(18)9-17(14)19/h4-5,9,12-13,16,20H,6-8,10-11H2,1-3H3. The van der Waals surface area contributed by atoms with E-state index in [4.69, 9.17) is 11.6 Å². The van der Waals surface area contributed by atoms with Crippen LogP contribution >= 0.6 is 27.5 Å². The second-order valence-corrected chi connectivity index (χ2v) is 7.91. The molecule has 0 saturated carbocycles. The van der Waals surface area contributed by atoms with Crippen LogP contribution in [-0.4, -0.2) is 30.1 Å². The van der Waals surface area contributed by atoms with E-state index in [9.17, 15) is 0 Å². The number of rotatable bonds is 4. The molecular formula is C17H26BrClN2. The summed E-state index contributed by atoms with van der Waals surface area (Å²) < 4.78 is 1.04. The van der Waals surface area contributed by atoms with Crippen molar-refractivity contribution in [1.29, 1.82) is 0 Å². The lowest BCUT2D eigenvalue weighted by Gasteiger charge is -2.30. The molecule has 0 aliphatic carbocycles. The van der Waals surface area contributed by atoms with E-state index in [0.29, 0.717) is 12.1 Å². The van der Waals surface area contributed by atoms with Crippen LogP contribution in [0, 0.1) is 5.92 Å². The van der Waals surface area contributed by atoms with Gasteiger partial charge in [0.25, 0.3) is 0 Å². The molecule has 1 aromatic rings. The maximum Gasteiger partial charge on any atom is 0.0462 e. The highest BCUT2D eigenvalue weighted by Gasteiger charge is 2.23. The maximum atomic E-state index is 6.39. The van der Waals surface area contributed by atoms with Crippen molar-refractivity contribution in [2.45, 2.75) is 52.2 Å². The van der Waals surface area contributed by atoms with Crippen molar-refractivity contribution in [3.8, 4) is 0 Å². The van der Waals surface area contributed by atoms with E-state index in [1.165, 1.54) is 18.4 Å². The molecule has 1 aromatic carbocycles. The van der Waals surface area contributed by atoms with Gasteiger partial charge in [-0.05, 0) is 49.9 Å². The third kappa shape index (κ3) is 5.24. The first kappa shape index (κ1) is 17.3. The SMILES string of the molecule is CC(C)CC1CN(Cc2ccc(Br)cc2Cl)C(C)CCN1. The average molecular weight is 374 g/mol. The Balaban J connectivity index is 2.07. The second kappa shape index (κ2) is 7.96. The van der Waals surface area contributed by atoms with Gasteiger partial charge >= 0.3 is 0 Å². The molecule has 0 radical (unpaired) electrons. The van der Waals surface area contributed by atoms with Crippen LogP contribution in [0.3, 0.4) is 0 Å². The third-order valence-electron chi connectivity index (χ3n) is 4.22. The molecule has 1 N–H and O–H groups in total. The summed E-state index contributed by atoms with van der Waals surface area (Å²) >= 11 is 9.86.